The molecular weight excluding hydrogens is 216 g/mol. The number of carbonyl (C=O) groups excluding carboxylic acids is 1. The predicted molar refractivity (Wildman–Crippen MR) is 67.2 cm³/mol. The third-order valence-corrected chi connectivity index (χ3v) is 2.42. The van der Waals surface area contributed by atoms with Gasteiger partial charge in [0.25, 0.3) is 0 Å². The van der Waals surface area contributed by atoms with E-state index in [2.05, 4.69) is 35.6 Å². The molecule has 0 aliphatic carbocycles. The van der Waals surface area contributed by atoms with Crippen molar-refractivity contribution in [3.05, 3.63) is 18.2 Å². The van der Waals surface area contributed by atoms with Crippen molar-refractivity contribution in [1.29, 1.82) is 0 Å². The normalized spacial score (nSPS) is 11.7. The molecule has 0 spiro atoms. The van der Waals surface area contributed by atoms with Crippen LogP contribution < -0.4 is 11.1 Å². The van der Waals surface area contributed by atoms with E-state index in [1.165, 1.54) is 0 Å². The van der Waals surface area contributed by atoms with Crippen molar-refractivity contribution in [2.24, 2.45) is 5.73 Å². The number of amides is 1. The summed E-state index contributed by atoms with van der Waals surface area (Å²) in [6.07, 6.45) is 4.82. The number of nitrogens with two attached hydrogens (primary N) is 1. The highest BCUT2D eigenvalue weighted by Crippen LogP contribution is 2.05. The van der Waals surface area contributed by atoms with Gasteiger partial charge in [-0.15, -0.1) is 0 Å². The van der Waals surface area contributed by atoms with Gasteiger partial charge in [-0.05, 0) is 27.2 Å². The minimum atomic E-state index is -0.250. The Bertz CT molecular complexity index is 365. The maximum Gasteiger partial charge on any atom is 0.217 e. The van der Waals surface area contributed by atoms with Crippen LogP contribution in [0.1, 0.15) is 39.3 Å². The summed E-state index contributed by atoms with van der Waals surface area (Å²) in [5.74, 6) is -0.250. The van der Waals surface area contributed by atoms with Crippen LogP contribution in [-0.4, -0.2) is 21.0 Å². The number of rotatable bonds is 6. The highest BCUT2D eigenvalue weighted by Gasteiger charge is 2.10. The predicted octanol–water partition coefficient (Wildman–Crippen LogP) is 1.04. The first-order chi connectivity index (χ1) is 7.88. The number of aryl methyl sites for hydroxylation is 1. The van der Waals surface area contributed by atoms with E-state index in [0.717, 1.165) is 25.2 Å². The topological polar surface area (TPSA) is 72.9 Å². The second-order valence-electron chi connectivity index (χ2n) is 5.25. The van der Waals surface area contributed by atoms with Crippen molar-refractivity contribution in [2.75, 3.05) is 0 Å². The van der Waals surface area contributed by atoms with E-state index in [1.807, 2.05) is 6.20 Å². The van der Waals surface area contributed by atoms with Crippen LogP contribution in [0.4, 0.5) is 0 Å². The molecule has 0 aromatic carbocycles. The van der Waals surface area contributed by atoms with E-state index >= 15 is 0 Å². The van der Waals surface area contributed by atoms with E-state index in [9.17, 15) is 4.79 Å². The molecule has 1 rings (SSSR count). The number of imidazole rings is 1. The van der Waals surface area contributed by atoms with Gasteiger partial charge >= 0.3 is 0 Å². The van der Waals surface area contributed by atoms with Crippen molar-refractivity contribution < 1.29 is 4.79 Å². The molecule has 0 fully saturated rings. The lowest BCUT2D eigenvalue weighted by atomic mass is 10.1. The molecule has 5 heteroatoms. The largest absolute Gasteiger partial charge is 0.370 e. The number of hydrogen-bond donors (Lipinski definition) is 2. The van der Waals surface area contributed by atoms with Crippen LogP contribution in [-0.2, 0) is 17.9 Å². The van der Waals surface area contributed by atoms with Gasteiger partial charge in [-0.3, -0.25) is 4.79 Å². The second-order valence-corrected chi connectivity index (χ2v) is 5.25. The zero-order valence-electron chi connectivity index (χ0n) is 10.9. The van der Waals surface area contributed by atoms with E-state index in [1.54, 1.807) is 6.33 Å². The van der Waals surface area contributed by atoms with Gasteiger partial charge in [-0.25, -0.2) is 4.98 Å². The second kappa shape index (κ2) is 5.82. The van der Waals surface area contributed by atoms with Crippen molar-refractivity contribution in [1.82, 2.24) is 14.9 Å². The standard InChI is InChI=1S/C12H22N4O/c1-12(2,3)15-8-10-7-14-9-16(10)6-4-5-11(13)17/h7,9,15H,4-6,8H2,1-3H3,(H2,13,17). The molecule has 1 aromatic rings. The molecule has 1 aromatic heterocycles. The molecule has 1 amide bonds. The van der Waals surface area contributed by atoms with E-state index in [4.69, 9.17) is 5.73 Å². The van der Waals surface area contributed by atoms with Crippen LogP contribution in [0.25, 0.3) is 0 Å². The zero-order chi connectivity index (χ0) is 12.9. The minimum absolute atomic E-state index is 0.0856. The number of hydrogen-bond acceptors (Lipinski definition) is 3. The monoisotopic (exact) mass is 238 g/mol. The van der Waals surface area contributed by atoms with E-state index in [0.29, 0.717) is 6.42 Å². The molecule has 0 aliphatic rings. The summed E-state index contributed by atoms with van der Waals surface area (Å²) in [5.41, 5.74) is 6.32. The Morgan fingerprint density at radius 3 is 2.82 bits per heavy atom. The molecule has 0 radical (unpaired) electrons. The van der Waals surface area contributed by atoms with Crippen LogP contribution in [0.5, 0.6) is 0 Å². The Morgan fingerprint density at radius 1 is 1.53 bits per heavy atom. The minimum Gasteiger partial charge on any atom is -0.370 e. The highest BCUT2D eigenvalue weighted by atomic mass is 16.1. The molecule has 0 saturated heterocycles. The maximum atomic E-state index is 10.7. The Balaban J connectivity index is 2.45. The Morgan fingerprint density at radius 2 is 2.24 bits per heavy atom. The molecule has 0 bridgehead atoms. The molecular formula is C12H22N4O. The molecule has 96 valence electrons. The van der Waals surface area contributed by atoms with Crippen molar-refractivity contribution in [3.63, 3.8) is 0 Å². The molecule has 17 heavy (non-hydrogen) atoms. The van der Waals surface area contributed by atoms with E-state index in [-0.39, 0.29) is 11.4 Å². The van der Waals surface area contributed by atoms with Crippen LogP contribution in [0, 0.1) is 0 Å². The van der Waals surface area contributed by atoms with Gasteiger partial charge in [0.15, 0.2) is 0 Å². The summed E-state index contributed by atoms with van der Waals surface area (Å²) < 4.78 is 2.06. The average molecular weight is 238 g/mol. The lowest BCUT2D eigenvalue weighted by molar-refractivity contribution is -0.118. The zero-order valence-corrected chi connectivity index (χ0v) is 10.9. The molecule has 3 N–H and O–H groups in total. The van der Waals surface area contributed by atoms with Gasteiger partial charge in [0, 0.05) is 31.2 Å². The Kier molecular flexibility index (Phi) is 4.69. The van der Waals surface area contributed by atoms with Crippen molar-refractivity contribution in [3.8, 4) is 0 Å². The summed E-state index contributed by atoms with van der Waals surface area (Å²) in [5, 5.41) is 3.41. The fourth-order valence-electron chi connectivity index (χ4n) is 1.48. The fraction of sp³-hybridized carbons (Fsp3) is 0.667. The average Bonchev–Trinajstić information content (AvgIpc) is 2.61. The summed E-state index contributed by atoms with van der Waals surface area (Å²) in [6, 6.07) is 0. The third-order valence-electron chi connectivity index (χ3n) is 2.42. The van der Waals surface area contributed by atoms with E-state index < -0.39 is 0 Å². The molecule has 0 unspecified atom stereocenters. The number of carbonyl (C=O) groups is 1. The third kappa shape index (κ3) is 5.49. The first kappa shape index (κ1) is 13.7. The van der Waals surface area contributed by atoms with Gasteiger partial charge in [-0.1, -0.05) is 0 Å². The first-order valence-corrected chi connectivity index (χ1v) is 5.91. The molecule has 0 saturated carbocycles. The molecule has 1 heterocycles. The van der Waals surface area contributed by atoms with Crippen LogP contribution in [0.3, 0.4) is 0 Å². The first-order valence-electron chi connectivity index (χ1n) is 5.91. The van der Waals surface area contributed by atoms with Gasteiger partial charge in [-0.2, -0.15) is 0 Å². The SMILES string of the molecule is CC(C)(C)NCc1cncn1CCCC(N)=O. The molecule has 0 atom stereocenters. The summed E-state index contributed by atoms with van der Waals surface area (Å²) in [7, 11) is 0. The fourth-order valence-corrected chi connectivity index (χ4v) is 1.48. The summed E-state index contributed by atoms with van der Waals surface area (Å²) in [6.45, 7) is 7.94. The van der Waals surface area contributed by atoms with Crippen molar-refractivity contribution >= 4 is 5.91 Å². The summed E-state index contributed by atoms with van der Waals surface area (Å²) >= 11 is 0. The lowest BCUT2D eigenvalue weighted by Gasteiger charge is -2.20. The van der Waals surface area contributed by atoms with Crippen LogP contribution >= 0.6 is 0 Å². The number of nitrogens with zero attached hydrogens (tertiary/aromatic N) is 2. The van der Waals surface area contributed by atoms with Crippen molar-refractivity contribution in [2.45, 2.75) is 52.2 Å². The smallest absolute Gasteiger partial charge is 0.217 e. The number of nitrogens with one attached hydrogen (secondary N) is 1. The number of aromatic nitrogens is 2. The van der Waals surface area contributed by atoms with Gasteiger partial charge in [0.1, 0.15) is 0 Å². The Labute approximate surface area is 102 Å². The Hall–Kier alpha value is -1.36. The van der Waals surface area contributed by atoms with Crippen LogP contribution in [0.2, 0.25) is 0 Å². The lowest BCUT2D eigenvalue weighted by Crippen LogP contribution is -2.35. The molecule has 5 nitrogen and oxygen atoms in total. The molecule has 0 aliphatic heterocycles. The highest BCUT2D eigenvalue weighted by molar-refractivity contribution is 5.73. The van der Waals surface area contributed by atoms with Gasteiger partial charge in [0.2, 0.25) is 5.91 Å². The van der Waals surface area contributed by atoms with Crippen LogP contribution in [0.15, 0.2) is 12.5 Å². The maximum absolute atomic E-state index is 10.7. The quantitative estimate of drug-likeness (QED) is 0.777. The van der Waals surface area contributed by atoms with Gasteiger partial charge in [0.05, 0.1) is 12.0 Å². The summed E-state index contributed by atoms with van der Waals surface area (Å²) in [4.78, 5) is 14.8. The van der Waals surface area contributed by atoms with Gasteiger partial charge < -0.3 is 15.6 Å². The number of primary amides is 1.